The monoisotopic (exact) mass is 293 g/mol. The van der Waals surface area contributed by atoms with Crippen LogP contribution < -0.4 is 10.1 Å². The van der Waals surface area contributed by atoms with Crippen molar-refractivity contribution in [1.82, 2.24) is 5.32 Å². The number of nitrogens with one attached hydrogen (secondary N) is 1. The molecule has 0 saturated carbocycles. The Morgan fingerprint density at radius 3 is 2.95 bits per heavy atom. The zero-order valence-electron chi connectivity index (χ0n) is 12.8. The van der Waals surface area contributed by atoms with Crippen LogP contribution in [0.2, 0.25) is 0 Å². The van der Waals surface area contributed by atoms with Gasteiger partial charge in [-0.2, -0.15) is 0 Å². The number of ether oxygens (including phenoxy) is 3. The topological polar surface area (TPSA) is 56.8 Å². The number of benzene rings is 1. The van der Waals surface area contributed by atoms with Crippen LogP contribution in [-0.4, -0.2) is 37.6 Å². The fourth-order valence-corrected chi connectivity index (χ4v) is 2.15. The first-order chi connectivity index (χ1) is 9.94. The molecule has 21 heavy (non-hydrogen) atoms. The van der Waals surface area contributed by atoms with Crippen molar-refractivity contribution >= 4 is 5.91 Å². The number of hydrogen-bond acceptors (Lipinski definition) is 4. The second-order valence-corrected chi connectivity index (χ2v) is 5.67. The molecule has 1 unspecified atom stereocenters. The van der Waals surface area contributed by atoms with E-state index in [1.807, 2.05) is 45.0 Å². The van der Waals surface area contributed by atoms with E-state index in [2.05, 4.69) is 5.32 Å². The van der Waals surface area contributed by atoms with Crippen LogP contribution in [0.15, 0.2) is 24.3 Å². The first kappa shape index (κ1) is 15.8. The zero-order chi connectivity index (χ0) is 15.3. The summed E-state index contributed by atoms with van der Waals surface area (Å²) in [5.41, 5.74) is 1.14. The molecule has 5 heteroatoms. The predicted molar refractivity (Wildman–Crippen MR) is 79.2 cm³/mol. The van der Waals surface area contributed by atoms with Gasteiger partial charge < -0.3 is 19.5 Å². The standard InChI is InChI=1S/C16H23NO4/c1-12-5-4-6-13(9-12)19-8-7-15(18)17-10-14-11-20-16(2,3)21-14/h4-6,9,14H,7-8,10-11H2,1-3H3,(H,17,18). The number of rotatable bonds is 6. The molecule has 0 radical (unpaired) electrons. The van der Waals surface area contributed by atoms with Crippen LogP contribution in [0.4, 0.5) is 0 Å². The summed E-state index contributed by atoms with van der Waals surface area (Å²) in [5.74, 6) is 0.192. The number of carbonyl (C=O) groups is 1. The molecule has 1 aliphatic heterocycles. The van der Waals surface area contributed by atoms with Crippen LogP contribution in [0, 0.1) is 6.92 Å². The van der Waals surface area contributed by atoms with E-state index in [1.165, 1.54) is 0 Å². The smallest absolute Gasteiger partial charge is 0.223 e. The number of hydrogen-bond donors (Lipinski definition) is 1. The lowest BCUT2D eigenvalue weighted by Gasteiger charge is -2.17. The largest absolute Gasteiger partial charge is 0.493 e. The van der Waals surface area contributed by atoms with Gasteiger partial charge in [0.15, 0.2) is 5.79 Å². The van der Waals surface area contributed by atoms with E-state index in [4.69, 9.17) is 14.2 Å². The molecule has 1 heterocycles. The lowest BCUT2D eigenvalue weighted by Crippen LogP contribution is -2.35. The summed E-state index contributed by atoms with van der Waals surface area (Å²) in [5, 5.41) is 2.84. The molecule has 1 atom stereocenters. The van der Waals surface area contributed by atoms with E-state index in [0.717, 1.165) is 11.3 Å². The quantitative estimate of drug-likeness (QED) is 0.872. The van der Waals surface area contributed by atoms with Crippen LogP contribution >= 0.6 is 0 Å². The molecule has 1 saturated heterocycles. The van der Waals surface area contributed by atoms with Gasteiger partial charge in [-0.3, -0.25) is 4.79 Å². The van der Waals surface area contributed by atoms with E-state index in [1.54, 1.807) is 0 Å². The Morgan fingerprint density at radius 1 is 1.48 bits per heavy atom. The van der Waals surface area contributed by atoms with Crippen LogP contribution in [0.25, 0.3) is 0 Å². The molecule has 0 aromatic heterocycles. The Kier molecular flexibility index (Phi) is 5.20. The molecule has 1 aromatic rings. The van der Waals surface area contributed by atoms with Gasteiger partial charge in [-0.15, -0.1) is 0 Å². The summed E-state index contributed by atoms with van der Waals surface area (Å²) in [4.78, 5) is 11.7. The third-order valence-corrected chi connectivity index (χ3v) is 3.18. The van der Waals surface area contributed by atoms with Gasteiger partial charge in [-0.05, 0) is 38.5 Å². The van der Waals surface area contributed by atoms with Crippen LogP contribution in [-0.2, 0) is 14.3 Å². The second-order valence-electron chi connectivity index (χ2n) is 5.67. The van der Waals surface area contributed by atoms with Crippen LogP contribution in [0.1, 0.15) is 25.8 Å². The average Bonchev–Trinajstić information content (AvgIpc) is 2.76. The van der Waals surface area contributed by atoms with Gasteiger partial charge in [-0.1, -0.05) is 12.1 Å². The van der Waals surface area contributed by atoms with Crippen LogP contribution in [0.3, 0.4) is 0 Å². The average molecular weight is 293 g/mol. The van der Waals surface area contributed by atoms with Gasteiger partial charge in [0.05, 0.1) is 19.6 Å². The first-order valence-corrected chi connectivity index (χ1v) is 7.22. The van der Waals surface area contributed by atoms with Gasteiger partial charge in [0.25, 0.3) is 0 Å². The number of amides is 1. The van der Waals surface area contributed by atoms with Crippen molar-refractivity contribution in [2.24, 2.45) is 0 Å². The van der Waals surface area contributed by atoms with Crippen molar-refractivity contribution in [3.8, 4) is 5.75 Å². The third kappa shape index (κ3) is 5.36. The maximum Gasteiger partial charge on any atom is 0.223 e. The lowest BCUT2D eigenvalue weighted by atomic mass is 10.2. The Hall–Kier alpha value is -1.59. The van der Waals surface area contributed by atoms with Gasteiger partial charge in [0.2, 0.25) is 5.91 Å². The maximum absolute atomic E-state index is 11.7. The molecule has 116 valence electrons. The summed E-state index contributed by atoms with van der Waals surface area (Å²) in [6, 6.07) is 7.77. The van der Waals surface area contributed by atoms with E-state index < -0.39 is 5.79 Å². The summed E-state index contributed by atoms with van der Waals surface area (Å²) in [7, 11) is 0. The van der Waals surface area contributed by atoms with Crippen molar-refractivity contribution in [2.45, 2.75) is 39.1 Å². The lowest BCUT2D eigenvalue weighted by molar-refractivity contribution is -0.139. The Bertz CT molecular complexity index is 487. The molecule has 5 nitrogen and oxygen atoms in total. The van der Waals surface area contributed by atoms with E-state index in [0.29, 0.717) is 26.2 Å². The molecule has 0 aliphatic carbocycles. The SMILES string of the molecule is Cc1cccc(OCCC(=O)NCC2COC(C)(C)O2)c1. The first-order valence-electron chi connectivity index (χ1n) is 7.22. The third-order valence-electron chi connectivity index (χ3n) is 3.18. The Balaban J connectivity index is 1.62. The van der Waals surface area contributed by atoms with Crippen molar-refractivity contribution in [2.75, 3.05) is 19.8 Å². The zero-order valence-corrected chi connectivity index (χ0v) is 12.8. The van der Waals surface area contributed by atoms with Gasteiger partial charge in [-0.25, -0.2) is 0 Å². The molecular weight excluding hydrogens is 270 g/mol. The molecular formula is C16H23NO4. The molecule has 1 N–H and O–H groups in total. The predicted octanol–water partition coefficient (Wildman–Crippen LogP) is 2.03. The normalized spacial score (nSPS) is 20.2. The maximum atomic E-state index is 11.7. The van der Waals surface area contributed by atoms with Crippen molar-refractivity contribution < 1.29 is 19.0 Å². The summed E-state index contributed by atoms with van der Waals surface area (Å²) in [6.07, 6.45) is 0.243. The molecule has 0 spiro atoms. The number of carbonyl (C=O) groups excluding carboxylic acids is 1. The minimum Gasteiger partial charge on any atom is -0.493 e. The fraction of sp³-hybridized carbons (Fsp3) is 0.562. The molecule has 1 aromatic carbocycles. The molecule has 1 fully saturated rings. The molecule has 0 bridgehead atoms. The highest BCUT2D eigenvalue weighted by Gasteiger charge is 2.32. The van der Waals surface area contributed by atoms with Gasteiger partial charge in [0.1, 0.15) is 11.9 Å². The minimum absolute atomic E-state index is 0.0454. The summed E-state index contributed by atoms with van der Waals surface area (Å²) in [6.45, 7) is 7.07. The van der Waals surface area contributed by atoms with Crippen molar-refractivity contribution in [3.05, 3.63) is 29.8 Å². The van der Waals surface area contributed by atoms with E-state index >= 15 is 0 Å². The van der Waals surface area contributed by atoms with Gasteiger partial charge >= 0.3 is 0 Å². The molecule has 2 rings (SSSR count). The second kappa shape index (κ2) is 6.91. The van der Waals surface area contributed by atoms with Crippen molar-refractivity contribution in [1.29, 1.82) is 0 Å². The van der Waals surface area contributed by atoms with E-state index in [-0.39, 0.29) is 12.0 Å². The van der Waals surface area contributed by atoms with E-state index in [9.17, 15) is 4.79 Å². The van der Waals surface area contributed by atoms with Crippen molar-refractivity contribution in [3.63, 3.8) is 0 Å². The fourth-order valence-electron chi connectivity index (χ4n) is 2.15. The Labute approximate surface area is 125 Å². The minimum atomic E-state index is -0.552. The molecule has 1 aliphatic rings. The molecule has 1 amide bonds. The van der Waals surface area contributed by atoms with Crippen LogP contribution in [0.5, 0.6) is 5.75 Å². The van der Waals surface area contributed by atoms with Gasteiger partial charge in [0, 0.05) is 6.54 Å². The number of aryl methyl sites for hydroxylation is 1. The summed E-state index contributed by atoms with van der Waals surface area (Å²) >= 11 is 0. The highest BCUT2D eigenvalue weighted by molar-refractivity contribution is 5.76. The highest BCUT2D eigenvalue weighted by Crippen LogP contribution is 2.21. The Morgan fingerprint density at radius 2 is 2.29 bits per heavy atom. The highest BCUT2D eigenvalue weighted by atomic mass is 16.7. The summed E-state index contributed by atoms with van der Waals surface area (Å²) < 4.78 is 16.6.